The molecule has 1 aromatic carbocycles. The molecule has 0 bridgehead atoms. The van der Waals surface area contributed by atoms with E-state index in [-0.39, 0.29) is 29.7 Å². The fraction of sp³-hybridized carbons (Fsp3) is 0.500. The van der Waals surface area contributed by atoms with Gasteiger partial charge in [0.2, 0.25) is 10.0 Å². The van der Waals surface area contributed by atoms with Crippen molar-refractivity contribution in [2.75, 3.05) is 10.5 Å². The third-order valence-electron chi connectivity index (χ3n) is 8.20. The number of ether oxygens (including phenoxy) is 1. The second-order valence-corrected chi connectivity index (χ2v) is 12.3. The molecule has 6 atom stereocenters. The summed E-state index contributed by atoms with van der Waals surface area (Å²) in [5.74, 6) is 1.89. The Kier molecular flexibility index (Phi) is 6.71. The maximum Gasteiger partial charge on any atom is 0.309 e. The molecule has 2 aromatic rings. The third kappa shape index (κ3) is 5.01. The quantitative estimate of drug-likeness (QED) is 0.534. The predicted molar refractivity (Wildman–Crippen MR) is 138 cm³/mol. The number of cyclic esters (lactones) is 1. The Labute approximate surface area is 208 Å². The number of benzene rings is 1. The fourth-order valence-corrected chi connectivity index (χ4v) is 7.12. The second kappa shape index (κ2) is 9.76. The summed E-state index contributed by atoms with van der Waals surface area (Å²) < 4.78 is 32.1. The Balaban J connectivity index is 1.35. The summed E-state index contributed by atoms with van der Waals surface area (Å²) >= 11 is 0. The lowest BCUT2D eigenvalue weighted by atomic mass is 9.57. The molecule has 0 radical (unpaired) electrons. The molecule has 1 aliphatic heterocycles. The van der Waals surface area contributed by atoms with Crippen molar-refractivity contribution in [1.82, 2.24) is 4.98 Å². The number of hydrogen-bond donors (Lipinski definition) is 1. The van der Waals surface area contributed by atoms with Crippen LogP contribution in [-0.2, 0) is 19.6 Å². The number of carbonyl (C=O) groups is 1. The highest BCUT2D eigenvalue weighted by Crippen LogP contribution is 2.53. The number of anilines is 1. The van der Waals surface area contributed by atoms with E-state index < -0.39 is 10.0 Å². The summed E-state index contributed by atoms with van der Waals surface area (Å²) in [4.78, 5) is 17.2. The molecule has 3 fully saturated rings. The Morgan fingerprint density at radius 2 is 1.97 bits per heavy atom. The van der Waals surface area contributed by atoms with Crippen LogP contribution in [0.3, 0.4) is 0 Å². The first-order valence-electron chi connectivity index (χ1n) is 12.8. The average molecular weight is 495 g/mol. The zero-order chi connectivity index (χ0) is 24.6. The number of sulfonamides is 1. The first-order chi connectivity index (χ1) is 16.8. The van der Waals surface area contributed by atoms with Crippen molar-refractivity contribution in [3.05, 3.63) is 54.4 Å². The molecule has 5 rings (SSSR count). The lowest BCUT2D eigenvalue weighted by Crippen LogP contribution is -2.42. The molecule has 2 saturated carbocycles. The summed E-state index contributed by atoms with van der Waals surface area (Å²) in [6.07, 6.45) is 12.2. The fourth-order valence-electron chi connectivity index (χ4n) is 6.48. The van der Waals surface area contributed by atoms with E-state index in [1.165, 1.54) is 25.7 Å². The molecule has 0 spiro atoms. The number of esters is 1. The highest BCUT2D eigenvalue weighted by Gasteiger charge is 2.53. The Hall–Kier alpha value is -2.67. The summed E-state index contributed by atoms with van der Waals surface area (Å²) in [6, 6.07) is 11.4. The SMILES string of the molecule is CCS(=O)(=O)Nc1cccc(-c2ccc(C=CC3C4CCCCC4CC4C(=O)O[C@H](C)C43)nc2)c1. The molecule has 3 aliphatic rings. The zero-order valence-electron chi connectivity index (χ0n) is 20.4. The van der Waals surface area contributed by atoms with Crippen LogP contribution in [0.25, 0.3) is 17.2 Å². The number of fused-ring (bicyclic) bond motifs is 2. The number of nitrogens with zero attached hydrogens (tertiary/aromatic N) is 1. The van der Waals surface area contributed by atoms with Gasteiger partial charge in [0.05, 0.1) is 17.4 Å². The van der Waals surface area contributed by atoms with E-state index in [2.05, 4.69) is 21.9 Å². The van der Waals surface area contributed by atoms with Gasteiger partial charge >= 0.3 is 5.97 Å². The van der Waals surface area contributed by atoms with Crippen molar-refractivity contribution < 1.29 is 17.9 Å². The lowest BCUT2D eigenvalue weighted by molar-refractivity contribution is -0.144. The number of allylic oxidation sites excluding steroid dienone is 1. The monoisotopic (exact) mass is 494 g/mol. The summed E-state index contributed by atoms with van der Waals surface area (Å²) in [7, 11) is -3.32. The van der Waals surface area contributed by atoms with Gasteiger partial charge in [0.1, 0.15) is 6.10 Å². The molecule has 6 nitrogen and oxygen atoms in total. The Morgan fingerprint density at radius 1 is 1.14 bits per heavy atom. The second-order valence-electron chi connectivity index (χ2n) is 10.3. The molecule has 7 heteroatoms. The molecule has 5 unspecified atom stereocenters. The molecular weight excluding hydrogens is 460 g/mol. The molecule has 35 heavy (non-hydrogen) atoms. The van der Waals surface area contributed by atoms with E-state index in [4.69, 9.17) is 4.74 Å². The van der Waals surface area contributed by atoms with Gasteiger partial charge in [-0.15, -0.1) is 0 Å². The largest absolute Gasteiger partial charge is 0.462 e. The van der Waals surface area contributed by atoms with Crippen LogP contribution >= 0.6 is 0 Å². The van der Waals surface area contributed by atoms with Crippen molar-refractivity contribution in [2.24, 2.45) is 29.6 Å². The highest BCUT2D eigenvalue weighted by molar-refractivity contribution is 7.92. The third-order valence-corrected chi connectivity index (χ3v) is 9.51. The smallest absolute Gasteiger partial charge is 0.309 e. The Morgan fingerprint density at radius 3 is 2.74 bits per heavy atom. The van der Waals surface area contributed by atoms with Gasteiger partial charge < -0.3 is 4.74 Å². The van der Waals surface area contributed by atoms with Crippen molar-refractivity contribution >= 4 is 27.8 Å². The van der Waals surface area contributed by atoms with E-state index in [1.807, 2.05) is 43.5 Å². The molecule has 186 valence electrons. The maximum atomic E-state index is 12.5. The average Bonchev–Trinajstić information content (AvgIpc) is 3.15. The standard InChI is InChI=1S/C28H34N2O4S/c1-3-35(32,33)30-23-9-6-8-19(15-23)21-11-12-22(29-17-21)13-14-25-24-10-5-4-7-20(24)16-26-27(25)18(2)34-28(26)31/h6,8-9,11-15,17-18,20,24-27,30H,3-5,7,10,16H2,1-2H3/t18-,20?,24?,25?,26?,27?/m1/s1. The van der Waals surface area contributed by atoms with Gasteiger partial charge in [0.25, 0.3) is 0 Å². The zero-order valence-corrected chi connectivity index (χ0v) is 21.2. The minimum atomic E-state index is -3.32. The van der Waals surface area contributed by atoms with Crippen LogP contribution in [0.5, 0.6) is 0 Å². The van der Waals surface area contributed by atoms with Crippen molar-refractivity contribution in [1.29, 1.82) is 0 Å². The van der Waals surface area contributed by atoms with Gasteiger partial charge in [-0.1, -0.05) is 43.5 Å². The van der Waals surface area contributed by atoms with E-state index >= 15 is 0 Å². The molecule has 2 aliphatic carbocycles. The van der Waals surface area contributed by atoms with Gasteiger partial charge in [0, 0.05) is 23.4 Å². The van der Waals surface area contributed by atoms with Gasteiger partial charge in [0.15, 0.2) is 0 Å². The normalized spacial score (nSPS) is 30.5. The number of carbonyl (C=O) groups excluding carboxylic acids is 1. The van der Waals surface area contributed by atoms with E-state index in [1.54, 1.807) is 13.0 Å². The van der Waals surface area contributed by atoms with Gasteiger partial charge in [-0.3, -0.25) is 14.5 Å². The Bertz CT molecular complexity index is 1210. The summed E-state index contributed by atoms with van der Waals surface area (Å²) in [5, 5.41) is 0. The van der Waals surface area contributed by atoms with Crippen LogP contribution < -0.4 is 4.72 Å². The van der Waals surface area contributed by atoms with Crippen LogP contribution in [0, 0.1) is 29.6 Å². The maximum absolute atomic E-state index is 12.5. The van der Waals surface area contributed by atoms with Crippen molar-refractivity contribution in [3.63, 3.8) is 0 Å². The first kappa shape index (κ1) is 24.0. The summed E-state index contributed by atoms with van der Waals surface area (Å²) in [5.41, 5.74) is 3.25. The predicted octanol–water partition coefficient (Wildman–Crippen LogP) is 5.53. The van der Waals surface area contributed by atoms with E-state index in [0.29, 0.717) is 23.4 Å². The molecule has 2 heterocycles. The van der Waals surface area contributed by atoms with Crippen LogP contribution in [0.2, 0.25) is 0 Å². The van der Waals surface area contributed by atoms with Crippen molar-refractivity contribution in [2.45, 2.75) is 52.1 Å². The van der Waals surface area contributed by atoms with E-state index in [9.17, 15) is 13.2 Å². The minimum Gasteiger partial charge on any atom is -0.462 e. The van der Waals surface area contributed by atoms with Crippen molar-refractivity contribution in [3.8, 4) is 11.1 Å². The molecule has 0 amide bonds. The van der Waals surface area contributed by atoms with Gasteiger partial charge in [-0.2, -0.15) is 0 Å². The number of rotatable bonds is 6. The van der Waals surface area contributed by atoms with E-state index in [0.717, 1.165) is 23.2 Å². The first-order valence-corrected chi connectivity index (χ1v) is 14.5. The van der Waals surface area contributed by atoms with Crippen LogP contribution in [0.4, 0.5) is 5.69 Å². The minimum absolute atomic E-state index is 0.00383. The molecule has 1 aromatic heterocycles. The number of nitrogens with one attached hydrogen (secondary N) is 1. The highest BCUT2D eigenvalue weighted by atomic mass is 32.2. The van der Waals surface area contributed by atoms with Crippen LogP contribution in [0.15, 0.2) is 48.7 Å². The lowest BCUT2D eigenvalue weighted by Gasteiger charge is -2.45. The summed E-state index contributed by atoms with van der Waals surface area (Å²) in [6.45, 7) is 3.66. The molecule has 1 N–H and O–H groups in total. The van der Waals surface area contributed by atoms with Gasteiger partial charge in [-0.05, 0) is 74.3 Å². The molecule has 1 saturated heterocycles. The number of hydrogen-bond acceptors (Lipinski definition) is 5. The molecular formula is C28H34N2O4S. The van der Waals surface area contributed by atoms with Crippen LogP contribution in [0.1, 0.15) is 51.6 Å². The number of pyridine rings is 1. The number of aromatic nitrogens is 1. The van der Waals surface area contributed by atoms with Gasteiger partial charge in [-0.25, -0.2) is 8.42 Å². The van der Waals surface area contributed by atoms with Crippen LogP contribution in [-0.4, -0.2) is 31.2 Å². The topological polar surface area (TPSA) is 85.4 Å².